The van der Waals surface area contributed by atoms with Crippen LogP contribution in [0.15, 0.2) is 36.7 Å². The summed E-state index contributed by atoms with van der Waals surface area (Å²) in [5.74, 6) is 2.06. The van der Waals surface area contributed by atoms with Crippen molar-refractivity contribution in [3.05, 3.63) is 42.5 Å². The zero-order chi connectivity index (χ0) is 14.9. The number of benzene rings is 1. The number of nitrogens with zero attached hydrogens (tertiary/aromatic N) is 6. The molecule has 0 unspecified atom stereocenters. The Hall–Kier alpha value is -2.54. The van der Waals surface area contributed by atoms with Gasteiger partial charge < -0.3 is 9.30 Å². The number of ether oxygens (including phenoxy) is 1. The number of aromatic nitrogens is 6. The minimum atomic E-state index is 0.372. The molecule has 1 atom stereocenters. The molecule has 1 saturated heterocycles. The maximum Gasteiger partial charge on any atom is 0.204 e. The van der Waals surface area contributed by atoms with E-state index in [1.165, 1.54) is 4.80 Å². The molecule has 22 heavy (non-hydrogen) atoms. The van der Waals surface area contributed by atoms with Crippen LogP contribution in [0.4, 0.5) is 0 Å². The summed E-state index contributed by atoms with van der Waals surface area (Å²) in [4.78, 5) is 5.96. The zero-order valence-electron chi connectivity index (χ0n) is 12.3. The van der Waals surface area contributed by atoms with Crippen molar-refractivity contribution in [2.24, 2.45) is 7.05 Å². The van der Waals surface area contributed by atoms with Crippen LogP contribution < -0.4 is 0 Å². The van der Waals surface area contributed by atoms with E-state index in [1.54, 1.807) is 7.05 Å². The first kappa shape index (κ1) is 13.1. The van der Waals surface area contributed by atoms with Crippen molar-refractivity contribution in [1.29, 1.82) is 0 Å². The number of rotatable bonds is 3. The maximum atomic E-state index is 5.47. The van der Waals surface area contributed by atoms with Gasteiger partial charge in [-0.05, 0) is 35.9 Å². The first-order chi connectivity index (χ1) is 10.8. The first-order valence-electron chi connectivity index (χ1n) is 7.27. The Bertz CT molecular complexity index is 769. The second kappa shape index (κ2) is 5.34. The van der Waals surface area contributed by atoms with Crippen LogP contribution in [0.1, 0.15) is 18.2 Å². The molecule has 0 N–H and O–H groups in total. The molecule has 0 bridgehead atoms. The minimum Gasteiger partial charge on any atom is -0.381 e. The van der Waals surface area contributed by atoms with Gasteiger partial charge in [0.1, 0.15) is 5.82 Å². The van der Waals surface area contributed by atoms with Gasteiger partial charge in [0.25, 0.3) is 0 Å². The SMILES string of the molecule is Cn1nnc(-c2ccc(-n3ccnc3[C@H]3CCOC3)cc2)n1. The highest BCUT2D eigenvalue weighted by molar-refractivity contribution is 5.56. The average molecular weight is 296 g/mol. The van der Waals surface area contributed by atoms with E-state index < -0.39 is 0 Å². The zero-order valence-corrected chi connectivity index (χ0v) is 12.3. The highest BCUT2D eigenvalue weighted by atomic mass is 16.5. The lowest BCUT2D eigenvalue weighted by molar-refractivity contribution is 0.193. The molecule has 1 aliphatic rings. The van der Waals surface area contributed by atoms with Gasteiger partial charge in [0, 0.05) is 36.2 Å². The van der Waals surface area contributed by atoms with Gasteiger partial charge in [-0.25, -0.2) is 4.98 Å². The number of hydrogen-bond donors (Lipinski definition) is 0. The van der Waals surface area contributed by atoms with Gasteiger partial charge in [-0.1, -0.05) is 0 Å². The topological polar surface area (TPSA) is 70.7 Å². The molecule has 3 heterocycles. The predicted octanol–water partition coefficient (Wildman–Crippen LogP) is 1.57. The standard InChI is InChI=1S/C15H16N6O/c1-20-18-14(17-19-20)11-2-4-13(5-3-11)21-8-7-16-15(21)12-6-9-22-10-12/h2-5,7-8,12H,6,9-10H2,1H3/t12-/m0/s1. The second-order valence-electron chi connectivity index (χ2n) is 5.37. The number of imidazole rings is 1. The van der Waals surface area contributed by atoms with Crippen LogP contribution in [0.3, 0.4) is 0 Å². The summed E-state index contributed by atoms with van der Waals surface area (Å²) in [6, 6.07) is 8.10. The summed E-state index contributed by atoms with van der Waals surface area (Å²) in [6.45, 7) is 1.56. The van der Waals surface area contributed by atoms with Crippen LogP contribution in [0, 0.1) is 0 Å². The summed E-state index contributed by atoms with van der Waals surface area (Å²) in [5, 5.41) is 12.1. The van der Waals surface area contributed by atoms with Crippen molar-refractivity contribution < 1.29 is 4.74 Å². The molecule has 1 fully saturated rings. The van der Waals surface area contributed by atoms with E-state index in [-0.39, 0.29) is 0 Å². The molecular formula is C15H16N6O. The van der Waals surface area contributed by atoms with E-state index in [4.69, 9.17) is 4.74 Å². The van der Waals surface area contributed by atoms with E-state index in [9.17, 15) is 0 Å². The molecule has 0 amide bonds. The normalized spacial score (nSPS) is 18.0. The van der Waals surface area contributed by atoms with Crippen molar-refractivity contribution in [2.45, 2.75) is 12.3 Å². The Labute approximate surface area is 127 Å². The van der Waals surface area contributed by atoms with E-state index >= 15 is 0 Å². The average Bonchev–Trinajstić information content (AvgIpc) is 3.28. The monoisotopic (exact) mass is 296 g/mol. The Morgan fingerprint density at radius 1 is 1.23 bits per heavy atom. The first-order valence-corrected chi connectivity index (χ1v) is 7.27. The van der Waals surface area contributed by atoms with Crippen LogP contribution in [-0.2, 0) is 11.8 Å². The van der Waals surface area contributed by atoms with Gasteiger partial charge >= 0.3 is 0 Å². The van der Waals surface area contributed by atoms with Gasteiger partial charge in [0.2, 0.25) is 5.82 Å². The molecule has 4 rings (SSSR count). The van der Waals surface area contributed by atoms with E-state index in [1.807, 2.05) is 36.7 Å². The number of tetrazole rings is 1. The molecule has 7 nitrogen and oxygen atoms in total. The lowest BCUT2D eigenvalue weighted by Crippen LogP contribution is -2.07. The third-order valence-electron chi connectivity index (χ3n) is 3.88. The van der Waals surface area contributed by atoms with Crippen molar-refractivity contribution in [2.75, 3.05) is 13.2 Å². The maximum absolute atomic E-state index is 5.47. The van der Waals surface area contributed by atoms with Crippen LogP contribution in [0.25, 0.3) is 17.1 Å². The van der Waals surface area contributed by atoms with Crippen LogP contribution in [0.5, 0.6) is 0 Å². The summed E-state index contributed by atoms with van der Waals surface area (Å²) in [5.41, 5.74) is 2.02. The second-order valence-corrected chi connectivity index (χ2v) is 5.37. The molecule has 3 aromatic rings. The fourth-order valence-electron chi connectivity index (χ4n) is 2.74. The number of hydrogen-bond acceptors (Lipinski definition) is 5. The van der Waals surface area contributed by atoms with Crippen LogP contribution in [0.2, 0.25) is 0 Å². The predicted molar refractivity (Wildman–Crippen MR) is 79.5 cm³/mol. The fourth-order valence-corrected chi connectivity index (χ4v) is 2.74. The van der Waals surface area contributed by atoms with Gasteiger partial charge in [0.05, 0.1) is 13.7 Å². The van der Waals surface area contributed by atoms with Crippen LogP contribution >= 0.6 is 0 Å². The van der Waals surface area contributed by atoms with E-state index in [0.29, 0.717) is 11.7 Å². The molecule has 1 aromatic carbocycles. The molecule has 0 aliphatic carbocycles. The molecule has 7 heteroatoms. The van der Waals surface area contributed by atoms with Crippen molar-refractivity contribution in [3.8, 4) is 17.1 Å². The van der Waals surface area contributed by atoms with E-state index in [2.05, 4.69) is 25.0 Å². The van der Waals surface area contributed by atoms with E-state index in [0.717, 1.165) is 36.7 Å². The highest BCUT2D eigenvalue weighted by Gasteiger charge is 2.22. The highest BCUT2D eigenvalue weighted by Crippen LogP contribution is 2.26. The summed E-state index contributed by atoms with van der Waals surface area (Å²) >= 11 is 0. The Morgan fingerprint density at radius 3 is 2.77 bits per heavy atom. The lowest BCUT2D eigenvalue weighted by atomic mass is 10.1. The molecule has 1 aliphatic heterocycles. The Kier molecular flexibility index (Phi) is 3.19. The van der Waals surface area contributed by atoms with Crippen LogP contribution in [-0.4, -0.2) is 43.0 Å². The molecule has 2 aromatic heterocycles. The summed E-state index contributed by atoms with van der Waals surface area (Å²) in [7, 11) is 1.76. The van der Waals surface area contributed by atoms with Crippen molar-refractivity contribution in [1.82, 2.24) is 29.8 Å². The Morgan fingerprint density at radius 2 is 2.09 bits per heavy atom. The van der Waals surface area contributed by atoms with Gasteiger partial charge in [0.15, 0.2) is 0 Å². The largest absolute Gasteiger partial charge is 0.381 e. The summed E-state index contributed by atoms with van der Waals surface area (Å²) in [6.07, 6.45) is 4.85. The number of aryl methyl sites for hydroxylation is 1. The molecule has 0 spiro atoms. The smallest absolute Gasteiger partial charge is 0.204 e. The van der Waals surface area contributed by atoms with Gasteiger partial charge in [-0.2, -0.15) is 4.80 Å². The fraction of sp³-hybridized carbons (Fsp3) is 0.333. The lowest BCUT2D eigenvalue weighted by Gasteiger charge is -2.12. The third kappa shape index (κ3) is 2.29. The summed E-state index contributed by atoms with van der Waals surface area (Å²) < 4.78 is 7.59. The minimum absolute atomic E-state index is 0.372. The third-order valence-corrected chi connectivity index (χ3v) is 3.88. The van der Waals surface area contributed by atoms with Gasteiger partial charge in [-0.15, -0.1) is 10.2 Å². The van der Waals surface area contributed by atoms with Crippen molar-refractivity contribution in [3.63, 3.8) is 0 Å². The van der Waals surface area contributed by atoms with Gasteiger partial charge in [-0.3, -0.25) is 0 Å². The van der Waals surface area contributed by atoms with Crippen molar-refractivity contribution >= 4 is 0 Å². The molecule has 112 valence electrons. The molecule has 0 radical (unpaired) electrons. The Balaban J connectivity index is 1.65. The molecule has 0 saturated carbocycles. The quantitative estimate of drug-likeness (QED) is 0.733. The molecular weight excluding hydrogens is 280 g/mol.